The van der Waals surface area contributed by atoms with Crippen molar-refractivity contribution in [1.82, 2.24) is 0 Å². The number of hydrogen-bond donors (Lipinski definition) is 1. The minimum absolute atomic E-state index is 0.328. The molecule has 1 aromatic carbocycles. The first kappa shape index (κ1) is 14.1. The van der Waals surface area contributed by atoms with Gasteiger partial charge in [-0.15, -0.1) is 0 Å². The Morgan fingerprint density at radius 1 is 1.12 bits per heavy atom. The highest BCUT2D eigenvalue weighted by Gasteiger charge is 2.13. The third-order valence-electron chi connectivity index (χ3n) is 3.05. The molecular formula is C14H21F2N. The Hall–Kier alpha value is -0.960. The van der Waals surface area contributed by atoms with Crippen molar-refractivity contribution in [3.8, 4) is 0 Å². The third kappa shape index (κ3) is 4.08. The summed E-state index contributed by atoms with van der Waals surface area (Å²) in [5.41, 5.74) is 6.81. The molecule has 17 heavy (non-hydrogen) atoms. The van der Waals surface area contributed by atoms with Gasteiger partial charge in [0.05, 0.1) is 0 Å². The monoisotopic (exact) mass is 241 g/mol. The van der Waals surface area contributed by atoms with Crippen molar-refractivity contribution in [2.24, 2.45) is 5.73 Å². The second kappa shape index (κ2) is 6.70. The number of nitrogens with two attached hydrogens (primary N) is 1. The maximum atomic E-state index is 13.5. The van der Waals surface area contributed by atoms with Gasteiger partial charge in [0, 0.05) is 17.7 Å². The fourth-order valence-electron chi connectivity index (χ4n) is 1.91. The minimum Gasteiger partial charge on any atom is -0.324 e. The van der Waals surface area contributed by atoms with E-state index in [0.29, 0.717) is 11.1 Å². The summed E-state index contributed by atoms with van der Waals surface area (Å²) in [5.74, 6) is -1.04. The van der Waals surface area contributed by atoms with Crippen molar-refractivity contribution in [2.75, 3.05) is 0 Å². The predicted octanol–water partition coefficient (Wildman–Crippen LogP) is 4.24. The van der Waals surface area contributed by atoms with Crippen LogP contribution in [0.5, 0.6) is 0 Å². The van der Waals surface area contributed by atoms with Crippen LogP contribution in [0.25, 0.3) is 0 Å². The molecule has 0 heterocycles. The average Bonchev–Trinajstić information content (AvgIpc) is 2.29. The molecule has 2 N–H and O–H groups in total. The van der Waals surface area contributed by atoms with E-state index in [1.807, 2.05) is 0 Å². The number of hydrogen-bond acceptors (Lipinski definition) is 1. The lowest BCUT2D eigenvalue weighted by atomic mass is 9.98. The lowest BCUT2D eigenvalue weighted by Crippen LogP contribution is -2.13. The van der Waals surface area contributed by atoms with Gasteiger partial charge >= 0.3 is 0 Å². The van der Waals surface area contributed by atoms with Gasteiger partial charge in [-0.3, -0.25) is 0 Å². The first-order valence-electron chi connectivity index (χ1n) is 6.27. The minimum atomic E-state index is -0.531. The largest absolute Gasteiger partial charge is 0.324 e. The van der Waals surface area contributed by atoms with E-state index in [1.165, 1.54) is 18.9 Å². The summed E-state index contributed by atoms with van der Waals surface area (Å²) in [6.07, 6.45) is 5.20. The summed E-state index contributed by atoms with van der Waals surface area (Å²) < 4.78 is 26.6. The molecule has 0 saturated carbocycles. The number of benzene rings is 1. The number of rotatable bonds is 6. The quantitative estimate of drug-likeness (QED) is 0.740. The van der Waals surface area contributed by atoms with Crippen molar-refractivity contribution < 1.29 is 8.78 Å². The van der Waals surface area contributed by atoms with E-state index in [1.54, 1.807) is 6.92 Å². The molecule has 0 radical (unpaired) electrons. The number of aryl methyl sites for hydroxylation is 1. The summed E-state index contributed by atoms with van der Waals surface area (Å²) >= 11 is 0. The molecule has 0 aliphatic rings. The molecule has 1 unspecified atom stereocenters. The summed E-state index contributed by atoms with van der Waals surface area (Å²) in [6, 6.07) is 2.12. The topological polar surface area (TPSA) is 26.0 Å². The molecule has 0 aliphatic heterocycles. The van der Waals surface area contributed by atoms with E-state index < -0.39 is 11.6 Å². The summed E-state index contributed by atoms with van der Waals surface area (Å²) in [6.45, 7) is 3.77. The van der Waals surface area contributed by atoms with E-state index in [-0.39, 0.29) is 6.04 Å². The van der Waals surface area contributed by atoms with Crippen LogP contribution in [-0.4, -0.2) is 0 Å². The molecule has 0 amide bonds. The summed E-state index contributed by atoms with van der Waals surface area (Å²) in [5, 5.41) is 0. The van der Waals surface area contributed by atoms with Crippen LogP contribution in [-0.2, 0) is 0 Å². The Bertz CT molecular complexity index is 363. The van der Waals surface area contributed by atoms with Gasteiger partial charge in [-0.2, -0.15) is 0 Å². The van der Waals surface area contributed by atoms with Gasteiger partial charge in [-0.05, 0) is 25.0 Å². The zero-order valence-corrected chi connectivity index (χ0v) is 10.6. The van der Waals surface area contributed by atoms with E-state index in [0.717, 1.165) is 25.3 Å². The van der Waals surface area contributed by atoms with Crippen molar-refractivity contribution in [1.29, 1.82) is 0 Å². The molecule has 0 aromatic heterocycles. The van der Waals surface area contributed by atoms with Crippen LogP contribution in [0, 0.1) is 18.6 Å². The Morgan fingerprint density at radius 3 is 2.47 bits per heavy atom. The van der Waals surface area contributed by atoms with Crippen molar-refractivity contribution in [2.45, 2.75) is 52.0 Å². The van der Waals surface area contributed by atoms with Crippen LogP contribution in [0.15, 0.2) is 12.1 Å². The first-order chi connectivity index (χ1) is 8.06. The fourth-order valence-corrected chi connectivity index (χ4v) is 1.91. The molecule has 0 saturated heterocycles. The van der Waals surface area contributed by atoms with E-state index in [4.69, 9.17) is 5.73 Å². The lowest BCUT2D eigenvalue weighted by molar-refractivity contribution is 0.520. The molecule has 0 bridgehead atoms. The van der Waals surface area contributed by atoms with Gasteiger partial charge in [0.1, 0.15) is 11.6 Å². The van der Waals surface area contributed by atoms with Crippen molar-refractivity contribution >= 4 is 0 Å². The second-order valence-electron chi connectivity index (χ2n) is 4.58. The van der Waals surface area contributed by atoms with Gasteiger partial charge in [-0.25, -0.2) is 8.78 Å². The zero-order valence-electron chi connectivity index (χ0n) is 10.6. The molecule has 1 nitrogen and oxygen atoms in total. The van der Waals surface area contributed by atoms with Gasteiger partial charge in [-0.1, -0.05) is 32.6 Å². The lowest BCUT2D eigenvalue weighted by Gasteiger charge is -2.14. The SMILES string of the molecule is CCCCCCC(N)c1cc(C)c(F)cc1F. The van der Waals surface area contributed by atoms with Crippen LogP contribution < -0.4 is 5.73 Å². The Morgan fingerprint density at radius 2 is 1.82 bits per heavy atom. The number of unbranched alkanes of at least 4 members (excludes halogenated alkanes) is 3. The number of halogens is 2. The second-order valence-corrected chi connectivity index (χ2v) is 4.58. The van der Waals surface area contributed by atoms with E-state index in [9.17, 15) is 8.78 Å². The summed E-state index contributed by atoms with van der Waals surface area (Å²) in [4.78, 5) is 0. The molecule has 3 heteroatoms. The Kier molecular flexibility index (Phi) is 5.56. The van der Waals surface area contributed by atoms with Crippen LogP contribution >= 0.6 is 0 Å². The van der Waals surface area contributed by atoms with Crippen LogP contribution in [0.4, 0.5) is 8.78 Å². The third-order valence-corrected chi connectivity index (χ3v) is 3.05. The van der Waals surface area contributed by atoms with Gasteiger partial charge in [0.15, 0.2) is 0 Å². The normalized spacial score (nSPS) is 12.8. The van der Waals surface area contributed by atoms with Crippen LogP contribution in [0.3, 0.4) is 0 Å². The van der Waals surface area contributed by atoms with Crippen molar-refractivity contribution in [3.05, 3.63) is 34.9 Å². The predicted molar refractivity (Wildman–Crippen MR) is 66.8 cm³/mol. The van der Waals surface area contributed by atoms with Gasteiger partial charge in [0.2, 0.25) is 0 Å². The average molecular weight is 241 g/mol. The molecule has 1 aromatic rings. The Balaban J connectivity index is 2.62. The maximum absolute atomic E-state index is 13.5. The van der Waals surface area contributed by atoms with Crippen molar-refractivity contribution in [3.63, 3.8) is 0 Å². The molecule has 96 valence electrons. The molecular weight excluding hydrogens is 220 g/mol. The maximum Gasteiger partial charge on any atom is 0.130 e. The molecule has 0 spiro atoms. The van der Waals surface area contributed by atoms with Gasteiger partial charge < -0.3 is 5.73 Å². The Labute approximate surface area is 102 Å². The zero-order chi connectivity index (χ0) is 12.8. The first-order valence-corrected chi connectivity index (χ1v) is 6.27. The molecule has 1 rings (SSSR count). The molecule has 1 atom stereocenters. The fraction of sp³-hybridized carbons (Fsp3) is 0.571. The molecule has 0 aliphatic carbocycles. The highest BCUT2D eigenvalue weighted by Crippen LogP contribution is 2.23. The highest BCUT2D eigenvalue weighted by molar-refractivity contribution is 5.27. The highest BCUT2D eigenvalue weighted by atomic mass is 19.1. The standard InChI is InChI=1S/C14H21F2N/c1-3-4-5-6-7-14(17)11-8-10(2)12(15)9-13(11)16/h8-9,14H,3-7,17H2,1-2H3. The van der Waals surface area contributed by atoms with E-state index >= 15 is 0 Å². The molecule has 0 fully saturated rings. The van der Waals surface area contributed by atoms with Gasteiger partial charge in [0.25, 0.3) is 0 Å². The van der Waals surface area contributed by atoms with E-state index in [2.05, 4.69) is 6.92 Å². The van der Waals surface area contributed by atoms with Crippen LogP contribution in [0.1, 0.15) is 56.2 Å². The smallest absolute Gasteiger partial charge is 0.130 e. The van der Waals surface area contributed by atoms with Crippen LogP contribution in [0.2, 0.25) is 0 Å². The summed E-state index contributed by atoms with van der Waals surface area (Å²) in [7, 11) is 0.